The van der Waals surface area contributed by atoms with E-state index in [9.17, 15) is 0 Å². The van der Waals surface area contributed by atoms with E-state index >= 15 is 0 Å². The van der Waals surface area contributed by atoms with Gasteiger partial charge in [-0.25, -0.2) is 0 Å². The second-order valence-electron chi connectivity index (χ2n) is 6.22. The molecule has 0 unspecified atom stereocenters. The summed E-state index contributed by atoms with van der Waals surface area (Å²) in [7, 11) is 0. The van der Waals surface area contributed by atoms with Crippen LogP contribution in [0.4, 0.5) is 0 Å². The third kappa shape index (κ3) is 1.84. The quantitative estimate of drug-likeness (QED) is 0.623. The van der Waals surface area contributed by atoms with Crippen LogP contribution in [0.1, 0.15) is 26.7 Å². The van der Waals surface area contributed by atoms with E-state index in [1.54, 1.807) is 11.1 Å². The van der Waals surface area contributed by atoms with Crippen molar-refractivity contribution in [2.75, 3.05) is 0 Å². The molecular weight excluding hydrogens is 375 g/mol. The molecule has 16 heavy (non-hydrogen) atoms. The fraction of sp³-hybridized carbons (Fsp3) is 0.429. The van der Waals surface area contributed by atoms with Crippen molar-refractivity contribution < 1.29 is 17.1 Å². The normalized spacial score (nSPS) is 21.6. The second-order valence-corrected chi connectivity index (χ2v) is 47.2. The second kappa shape index (κ2) is 3.77. The van der Waals surface area contributed by atoms with Gasteiger partial charge >= 0.3 is 102 Å². The first-order chi connectivity index (χ1) is 7.31. The fourth-order valence-electron chi connectivity index (χ4n) is 3.33. The van der Waals surface area contributed by atoms with Gasteiger partial charge in [0.05, 0.1) is 0 Å². The Morgan fingerprint density at radius 1 is 0.938 bits per heavy atom. The Labute approximate surface area is 102 Å². The molecule has 0 aliphatic heterocycles. The van der Waals surface area contributed by atoms with Crippen molar-refractivity contribution in [2.45, 2.75) is 36.0 Å². The van der Waals surface area contributed by atoms with Gasteiger partial charge in [0.2, 0.25) is 0 Å². The average molecular weight is 397 g/mol. The van der Waals surface area contributed by atoms with E-state index in [2.05, 4.69) is 54.5 Å². The van der Waals surface area contributed by atoms with Crippen molar-refractivity contribution in [1.29, 1.82) is 0 Å². The van der Waals surface area contributed by atoms with Crippen LogP contribution in [0, 0.1) is 0 Å². The molecule has 0 amide bonds. The van der Waals surface area contributed by atoms with Crippen LogP contribution in [-0.2, 0) is 17.1 Å². The van der Waals surface area contributed by atoms with Gasteiger partial charge in [-0.3, -0.25) is 0 Å². The summed E-state index contributed by atoms with van der Waals surface area (Å²) in [6, 6.07) is 0. The molecule has 2 heteroatoms. The monoisotopic (exact) mass is 398 g/mol. The molecule has 0 saturated heterocycles. The molecule has 2 aliphatic rings. The Bertz CT molecular complexity index is 479. The molecule has 2 aliphatic carbocycles. The Morgan fingerprint density at radius 3 is 1.56 bits per heavy atom. The maximum absolute atomic E-state index is 2.87. The summed E-state index contributed by atoms with van der Waals surface area (Å²) in [5, 5.41) is 0. The minimum absolute atomic E-state index is 1.22. The zero-order valence-electron chi connectivity index (χ0n) is 10.9. The van der Waals surface area contributed by atoms with E-state index in [0.29, 0.717) is 0 Å². The number of rotatable bonds is 2. The zero-order chi connectivity index (χ0) is 12.0. The molecule has 0 saturated carbocycles. The molecule has 0 heterocycles. The molecular formula is C14H22HfSi. The first-order valence-electron chi connectivity index (χ1n) is 6.12. The van der Waals surface area contributed by atoms with Crippen LogP contribution < -0.4 is 0 Å². The number of hydrogen-bond acceptors (Lipinski definition) is 0. The van der Waals surface area contributed by atoms with Crippen molar-refractivity contribution in [2.24, 2.45) is 0 Å². The standard InChI is InChI=1S/2C6H7.2CH3.Hf.H2Si/c2*1-6-4-2-3-5-6;;;;/h2*2,4H,3H2,1H3;2*1H3;;1H2. The van der Waals surface area contributed by atoms with Crippen LogP contribution in [0.2, 0.25) is 9.36 Å². The van der Waals surface area contributed by atoms with Crippen molar-refractivity contribution in [3.63, 3.8) is 0 Å². The van der Waals surface area contributed by atoms with E-state index in [-0.39, 0.29) is 0 Å². The minimum atomic E-state index is -2.87. The van der Waals surface area contributed by atoms with Gasteiger partial charge in [0.15, 0.2) is 0 Å². The Morgan fingerprint density at radius 2 is 1.31 bits per heavy atom. The zero-order valence-corrected chi connectivity index (χ0v) is 15.9. The van der Waals surface area contributed by atoms with Crippen molar-refractivity contribution >= 4 is 6.94 Å². The molecule has 86 valence electrons. The SMILES string of the molecule is CC1=[C]([Hf]([CH3])([CH3])(=[SiH2])[C]2=C(C)C=CC2)CC=C1. The molecule has 0 spiro atoms. The summed E-state index contributed by atoms with van der Waals surface area (Å²) in [4.78, 5) is 0. The van der Waals surface area contributed by atoms with Crippen LogP contribution in [0.3, 0.4) is 0 Å². The summed E-state index contributed by atoms with van der Waals surface area (Å²) >= 11 is -2.87. The van der Waals surface area contributed by atoms with E-state index in [1.165, 1.54) is 12.8 Å². The van der Waals surface area contributed by atoms with Gasteiger partial charge in [-0.05, 0) is 0 Å². The van der Waals surface area contributed by atoms with Crippen LogP contribution in [0.5, 0.6) is 0 Å². The molecule has 0 aromatic carbocycles. The first kappa shape index (κ1) is 12.5. The predicted molar refractivity (Wildman–Crippen MR) is 73.2 cm³/mol. The van der Waals surface area contributed by atoms with Crippen molar-refractivity contribution in [1.82, 2.24) is 0 Å². The molecule has 2 rings (SSSR count). The summed E-state index contributed by atoms with van der Waals surface area (Å²) in [5.74, 6) is 0. The van der Waals surface area contributed by atoms with E-state index < -0.39 is 17.1 Å². The molecule has 0 nitrogen and oxygen atoms in total. The summed E-state index contributed by atoms with van der Waals surface area (Å²) in [6.45, 7) is 6.96. The molecule has 0 aromatic rings. The van der Waals surface area contributed by atoms with Crippen LogP contribution in [0.15, 0.2) is 42.1 Å². The Balaban J connectivity index is 2.57. The third-order valence-corrected chi connectivity index (χ3v) is 29.5. The van der Waals surface area contributed by atoms with Crippen molar-refractivity contribution in [3.8, 4) is 0 Å². The summed E-state index contributed by atoms with van der Waals surface area (Å²) < 4.78 is 8.86. The molecule has 0 bridgehead atoms. The van der Waals surface area contributed by atoms with Gasteiger partial charge in [-0.15, -0.1) is 0 Å². The maximum atomic E-state index is 2.62. The van der Waals surface area contributed by atoms with Crippen LogP contribution in [0.25, 0.3) is 0 Å². The van der Waals surface area contributed by atoms with Crippen molar-refractivity contribution in [3.05, 3.63) is 42.1 Å². The van der Waals surface area contributed by atoms with Crippen LogP contribution >= 0.6 is 0 Å². The first-order valence-corrected chi connectivity index (χ1v) is 25.2. The van der Waals surface area contributed by atoms with Gasteiger partial charge in [0.25, 0.3) is 0 Å². The number of allylic oxidation sites excluding steroid dienone is 8. The van der Waals surface area contributed by atoms with Gasteiger partial charge in [-0.1, -0.05) is 0 Å². The number of hydrogen-bond donors (Lipinski definition) is 0. The molecule has 0 fully saturated rings. The Kier molecular flexibility index (Phi) is 2.95. The fourth-order valence-corrected chi connectivity index (χ4v) is 26.8. The van der Waals surface area contributed by atoms with Gasteiger partial charge < -0.3 is 0 Å². The van der Waals surface area contributed by atoms with Gasteiger partial charge in [-0.2, -0.15) is 0 Å². The van der Waals surface area contributed by atoms with Crippen LogP contribution in [-0.4, -0.2) is 6.94 Å². The molecule has 0 aromatic heterocycles. The average Bonchev–Trinajstić information content (AvgIpc) is 2.73. The molecule has 0 N–H and O–H groups in total. The van der Waals surface area contributed by atoms with Gasteiger partial charge in [0.1, 0.15) is 0 Å². The summed E-state index contributed by atoms with van der Waals surface area (Å²) in [6.07, 6.45) is 11.8. The van der Waals surface area contributed by atoms with E-state index in [4.69, 9.17) is 0 Å². The van der Waals surface area contributed by atoms with E-state index in [0.717, 1.165) is 0 Å². The van der Waals surface area contributed by atoms with E-state index in [1.807, 2.05) is 6.66 Å². The third-order valence-electron chi connectivity index (χ3n) is 4.27. The topological polar surface area (TPSA) is 0 Å². The summed E-state index contributed by atoms with van der Waals surface area (Å²) in [5.41, 5.74) is 3.12. The Hall–Kier alpha value is 0.0470. The molecule has 0 atom stereocenters. The predicted octanol–water partition coefficient (Wildman–Crippen LogP) is 3.79. The molecule has 0 radical (unpaired) electrons. The van der Waals surface area contributed by atoms with Gasteiger partial charge in [0, 0.05) is 0 Å².